The maximum Gasteiger partial charge on any atom is 0.0464 e. The number of nitrogens with zero attached hydrogens (tertiary/aromatic N) is 2. The van der Waals surface area contributed by atoms with E-state index in [0.29, 0.717) is 0 Å². The van der Waals surface area contributed by atoms with Crippen molar-refractivity contribution in [3.63, 3.8) is 0 Å². The van der Waals surface area contributed by atoms with Crippen LogP contribution in [0.5, 0.6) is 0 Å². The quantitative estimate of drug-likeness (QED) is 0.211. The lowest BCUT2D eigenvalue weighted by atomic mass is 9.94. The summed E-state index contributed by atoms with van der Waals surface area (Å²) in [7, 11) is 0. The van der Waals surface area contributed by atoms with Crippen LogP contribution in [0.15, 0.2) is 151 Å². The summed E-state index contributed by atoms with van der Waals surface area (Å²) in [6, 6.07) is 47.7. The van der Waals surface area contributed by atoms with Gasteiger partial charge in [0.2, 0.25) is 0 Å². The van der Waals surface area contributed by atoms with Crippen molar-refractivity contribution in [3.05, 3.63) is 168 Å². The Labute approximate surface area is 238 Å². The fourth-order valence-electron chi connectivity index (χ4n) is 5.49. The smallest absolute Gasteiger partial charge is 0.0464 e. The Balaban J connectivity index is 1.31. The average molecular weight is 519 g/mol. The summed E-state index contributed by atoms with van der Waals surface area (Å²) in [5, 5.41) is 0. The van der Waals surface area contributed by atoms with Crippen LogP contribution >= 0.6 is 0 Å². The van der Waals surface area contributed by atoms with Crippen LogP contribution in [0.2, 0.25) is 0 Å². The van der Waals surface area contributed by atoms with Crippen molar-refractivity contribution in [2.24, 2.45) is 0 Å². The SMILES string of the molecule is Cc1cccc(N(C2=CC=C(c3ccc(N(c4ccccc4)c4cccc(C)c4)cc3)CC2)c2ccccc2)c1. The largest absolute Gasteiger partial charge is 0.314 e. The number of benzene rings is 5. The van der Waals surface area contributed by atoms with E-state index in [1.165, 1.54) is 45.0 Å². The Bertz CT molecular complexity index is 1650. The third-order valence-electron chi connectivity index (χ3n) is 7.46. The fourth-order valence-corrected chi connectivity index (χ4v) is 5.49. The van der Waals surface area contributed by atoms with Gasteiger partial charge in [-0.2, -0.15) is 0 Å². The lowest BCUT2D eigenvalue weighted by molar-refractivity contribution is 0.929. The molecule has 6 rings (SSSR count). The Morgan fingerprint density at radius 1 is 0.425 bits per heavy atom. The zero-order valence-corrected chi connectivity index (χ0v) is 23.2. The molecule has 0 radical (unpaired) electrons. The van der Waals surface area contributed by atoms with Crippen molar-refractivity contribution in [1.29, 1.82) is 0 Å². The fraction of sp³-hybridized carbons (Fsp3) is 0.105. The molecule has 0 N–H and O–H groups in total. The molecule has 0 fully saturated rings. The minimum Gasteiger partial charge on any atom is -0.314 e. The molecule has 0 bridgehead atoms. The van der Waals surface area contributed by atoms with Crippen LogP contribution in [0.25, 0.3) is 5.57 Å². The molecule has 40 heavy (non-hydrogen) atoms. The zero-order chi connectivity index (χ0) is 27.3. The molecule has 1 aliphatic carbocycles. The van der Waals surface area contributed by atoms with Crippen LogP contribution in [-0.2, 0) is 0 Å². The van der Waals surface area contributed by atoms with E-state index < -0.39 is 0 Å². The first-order valence-electron chi connectivity index (χ1n) is 14.0. The number of hydrogen-bond acceptors (Lipinski definition) is 2. The molecule has 1 aliphatic rings. The minimum absolute atomic E-state index is 0.982. The van der Waals surface area contributed by atoms with Gasteiger partial charge in [-0.05, 0) is 116 Å². The van der Waals surface area contributed by atoms with Gasteiger partial charge < -0.3 is 9.80 Å². The maximum atomic E-state index is 2.39. The van der Waals surface area contributed by atoms with Crippen molar-refractivity contribution in [2.75, 3.05) is 9.80 Å². The number of aryl methyl sites for hydroxylation is 2. The highest BCUT2D eigenvalue weighted by Crippen LogP contribution is 2.38. The Morgan fingerprint density at radius 3 is 1.45 bits per heavy atom. The standard InChI is InChI=1S/C38H34N2/c1-29-11-9-17-37(27-29)39(33-13-5-3-6-14-33)35-23-19-31(20-24-35)32-21-25-36(26-22-32)40(34-15-7-4-8-16-34)38-18-10-12-30(2)28-38/h3-21,23-25,27-28H,22,26H2,1-2H3. The van der Waals surface area contributed by atoms with Crippen LogP contribution in [-0.4, -0.2) is 0 Å². The highest BCUT2D eigenvalue weighted by Gasteiger charge is 2.18. The summed E-state index contributed by atoms with van der Waals surface area (Å²) in [6.07, 6.45) is 6.58. The van der Waals surface area contributed by atoms with Gasteiger partial charge in [-0.3, -0.25) is 0 Å². The van der Waals surface area contributed by atoms with E-state index in [-0.39, 0.29) is 0 Å². The van der Waals surface area contributed by atoms with Crippen molar-refractivity contribution in [1.82, 2.24) is 0 Å². The first kappa shape index (κ1) is 25.5. The van der Waals surface area contributed by atoms with Crippen molar-refractivity contribution >= 4 is 34.0 Å². The van der Waals surface area contributed by atoms with Gasteiger partial charge in [0, 0.05) is 34.1 Å². The molecule has 0 amide bonds. The first-order valence-corrected chi connectivity index (χ1v) is 14.0. The summed E-state index contributed by atoms with van der Waals surface area (Å²) < 4.78 is 0. The summed E-state index contributed by atoms with van der Waals surface area (Å²) in [5.74, 6) is 0. The van der Waals surface area contributed by atoms with Gasteiger partial charge in [0.15, 0.2) is 0 Å². The molecule has 0 unspecified atom stereocenters. The second-order valence-corrected chi connectivity index (χ2v) is 10.4. The number of anilines is 5. The monoisotopic (exact) mass is 518 g/mol. The van der Waals surface area contributed by atoms with E-state index in [1.807, 2.05) is 0 Å². The third kappa shape index (κ3) is 5.48. The van der Waals surface area contributed by atoms with Gasteiger partial charge >= 0.3 is 0 Å². The normalized spacial score (nSPS) is 12.8. The van der Waals surface area contributed by atoms with Crippen molar-refractivity contribution in [2.45, 2.75) is 26.7 Å². The molecule has 0 saturated carbocycles. The molecular formula is C38H34N2. The second kappa shape index (κ2) is 11.5. The van der Waals surface area contributed by atoms with Crippen LogP contribution in [0, 0.1) is 13.8 Å². The molecular weight excluding hydrogens is 484 g/mol. The summed E-state index contributed by atoms with van der Waals surface area (Å²) in [6.45, 7) is 4.30. The Kier molecular flexibility index (Phi) is 7.32. The highest BCUT2D eigenvalue weighted by atomic mass is 15.2. The lowest BCUT2D eigenvalue weighted by Gasteiger charge is -2.30. The van der Waals surface area contributed by atoms with E-state index in [2.05, 4.69) is 169 Å². The molecule has 5 aromatic rings. The second-order valence-electron chi connectivity index (χ2n) is 10.4. The predicted octanol–water partition coefficient (Wildman–Crippen LogP) is 10.7. The van der Waals surface area contributed by atoms with Crippen LogP contribution in [0.1, 0.15) is 29.5 Å². The third-order valence-corrected chi connectivity index (χ3v) is 7.46. The average Bonchev–Trinajstić information content (AvgIpc) is 3.00. The number of hydrogen-bond donors (Lipinski definition) is 0. The van der Waals surface area contributed by atoms with E-state index in [0.717, 1.165) is 24.2 Å². The van der Waals surface area contributed by atoms with Gasteiger partial charge in [-0.1, -0.05) is 78.9 Å². The molecule has 2 nitrogen and oxygen atoms in total. The molecule has 196 valence electrons. The van der Waals surface area contributed by atoms with Gasteiger partial charge in [-0.25, -0.2) is 0 Å². The molecule has 5 aromatic carbocycles. The van der Waals surface area contributed by atoms with Crippen LogP contribution in [0.4, 0.5) is 28.4 Å². The molecule has 2 heteroatoms. The Morgan fingerprint density at radius 2 is 0.925 bits per heavy atom. The minimum atomic E-state index is 0.982. The summed E-state index contributed by atoms with van der Waals surface area (Å²) in [5.41, 5.74) is 12.3. The van der Waals surface area contributed by atoms with Crippen LogP contribution < -0.4 is 9.80 Å². The van der Waals surface area contributed by atoms with E-state index in [4.69, 9.17) is 0 Å². The molecule has 0 aromatic heterocycles. The molecule has 0 spiro atoms. The van der Waals surface area contributed by atoms with Gasteiger partial charge in [0.25, 0.3) is 0 Å². The summed E-state index contributed by atoms with van der Waals surface area (Å²) in [4.78, 5) is 4.71. The number of para-hydroxylation sites is 2. The Hall–Kier alpha value is -4.82. The molecule has 0 saturated heterocycles. The number of rotatable bonds is 7. The molecule has 0 heterocycles. The van der Waals surface area contributed by atoms with E-state index in [1.54, 1.807) is 0 Å². The highest BCUT2D eigenvalue weighted by molar-refractivity contribution is 5.79. The predicted molar refractivity (Wildman–Crippen MR) is 171 cm³/mol. The number of allylic oxidation sites excluding steroid dienone is 4. The van der Waals surface area contributed by atoms with Crippen molar-refractivity contribution in [3.8, 4) is 0 Å². The van der Waals surface area contributed by atoms with Gasteiger partial charge in [0.1, 0.15) is 0 Å². The first-order chi connectivity index (χ1) is 19.7. The molecule has 0 atom stereocenters. The topological polar surface area (TPSA) is 6.48 Å². The van der Waals surface area contributed by atoms with E-state index in [9.17, 15) is 0 Å². The van der Waals surface area contributed by atoms with E-state index >= 15 is 0 Å². The van der Waals surface area contributed by atoms with Crippen molar-refractivity contribution < 1.29 is 0 Å². The molecule has 0 aliphatic heterocycles. The lowest BCUT2D eigenvalue weighted by Crippen LogP contribution is -2.17. The summed E-state index contributed by atoms with van der Waals surface area (Å²) >= 11 is 0. The van der Waals surface area contributed by atoms with Gasteiger partial charge in [-0.15, -0.1) is 0 Å². The van der Waals surface area contributed by atoms with Gasteiger partial charge in [0.05, 0.1) is 0 Å². The zero-order valence-electron chi connectivity index (χ0n) is 23.2. The maximum absolute atomic E-state index is 2.39. The van der Waals surface area contributed by atoms with Crippen LogP contribution in [0.3, 0.4) is 0 Å².